The molecule has 14 heavy (non-hydrogen) atoms. The van der Waals surface area contributed by atoms with Crippen molar-refractivity contribution in [2.45, 2.75) is 12.2 Å². The van der Waals surface area contributed by atoms with E-state index in [1.807, 2.05) is 0 Å². The van der Waals surface area contributed by atoms with Crippen molar-refractivity contribution in [3.05, 3.63) is 33.3 Å². The molecule has 0 aromatic heterocycles. The average Bonchev–Trinajstić information content (AvgIpc) is 2.15. The number of hydrogen-bond acceptors (Lipinski definition) is 3. The number of nitrogens with zero attached hydrogens (tertiary/aromatic N) is 1. The van der Waals surface area contributed by atoms with Crippen molar-refractivity contribution < 1.29 is 10.2 Å². The van der Waals surface area contributed by atoms with Gasteiger partial charge in [-0.1, -0.05) is 33.6 Å². The van der Waals surface area contributed by atoms with Gasteiger partial charge in [0.1, 0.15) is 6.10 Å². The summed E-state index contributed by atoms with van der Waals surface area (Å²) in [5.41, 5.74) is 0.434. The quantitative estimate of drug-likeness (QED) is 0.812. The van der Waals surface area contributed by atoms with Crippen molar-refractivity contribution in [2.75, 3.05) is 0 Å². The van der Waals surface area contributed by atoms with Crippen LogP contribution in [-0.2, 0) is 0 Å². The predicted molar refractivity (Wildman–Crippen MR) is 55.7 cm³/mol. The minimum absolute atomic E-state index is 0.434. The van der Waals surface area contributed by atoms with Crippen LogP contribution in [0.15, 0.2) is 22.7 Å². The second-order valence-corrected chi connectivity index (χ2v) is 3.98. The number of halogens is 2. The highest BCUT2D eigenvalue weighted by Gasteiger charge is 2.19. The Labute approximate surface area is 94.7 Å². The first-order chi connectivity index (χ1) is 6.56. The van der Waals surface area contributed by atoms with Crippen LogP contribution in [0, 0.1) is 11.3 Å². The van der Waals surface area contributed by atoms with E-state index in [1.54, 1.807) is 24.3 Å². The maximum absolute atomic E-state index is 9.52. The van der Waals surface area contributed by atoms with Gasteiger partial charge >= 0.3 is 0 Å². The smallest absolute Gasteiger partial charge is 0.170 e. The predicted octanol–water partition coefficient (Wildman–Crippen LogP) is 2.02. The van der Waals surface area contributed by atoms with Crippen LogP contribution < -0.4 is 0 Å². The van der Waals surface area contributed by atoms with E-state index in [-0.39, 0.29) is 0 Å². The lowest BCUT2D eigenvalue weighted by Gasteiger charge is -2.13. The topological polar surface area (TPSA) is 64.2 Å². The van der Waals surface area contributed by atoms with Gasteiger partial charge in [-0.2, -0.15) is 5.26 Å². The van der Waals surface area contributed by atoms with Crippen LogP contribution in [0.4, 0.5) is 0 Å². The molecular formula is C9H7BrClNO2. The molecule has 3 nitrogen and oxygen atoms in total. The van der Waals surface area contributed by atoms with Gasteiger partial charge in [-0.15, -0.1) is 0 Å². The first-order valence-electron chi connectivity index (χ1n) is 3.77. The molecule has 0 saturated heterocycles. The van der Waals surface area contributed by atoms with E-state index >= 15 is 0 Å². The molecule has 1 aromatic carbocycles. The fourth-order valence-electron chi connectivity index (χ4n) is 0.982. The lowest BCUT2D eigenvalue weighted by Crippen LogP contribution is -2.16. The molecule has 0 saturated carbocycles. The van der Waals surface area contributed by atoms with Crippen molar-refractivity contribution in [1.29, 1.82) is 5.26 Å². The van der Waals surface area contributed by atoms with E-state index in [4.69, 9.17) is 22.0 Å². The molecule has 0 bridgehead atoms. The molecule has 0 aliphatic rings. The number of nitriles is 1. The zero-order chi connectivity index (χ0) is 10.7. The Kier molecular flexibility index (Phi) is 3.90. The largest absolute Gasteiger partial charge is 0.385 e. The van der Waals surface area contributed by atoms with E-state index < -0.39 is 12.2 Å². The Morgan fingerprint density at radius 3 is 2.57 bits per heavy atom. The molecule has 2 unspecified atom stereocenters. The minimum atomic E-state index is -1.44. The minimum Gasteiger partial charge on any atom is -0.385 e. The lowest BCUT2D eigenvalue weighted by molar-refractivity contribution is 0.0523. The molecule has 1 aromatic rings. The maximum Gasteiger partial charge on any atom is 0.170 e. The third kappa shape index (κ3) is 2.46. The van der Waals surface area contributed by atoms with Gasteiger partial charge in [0, 0.05) is 9.50 Å². The van der Waals surface area contributed by atoms with Crippen LogP contribution in [0.3, 0.4) is 0 Å². The molecule has 5 heteroatoms. The summed E-state index contributed by atoms with van der Waals surface area (Å²) in [4.78, 5) is 0. The van der Waals surface area contributed by atoms with Gasteiger partial charge in [-0.3, -0.25) is 0 Å². The summed E-state index contributed by atoms with van der Waals surface area (Å²) in [6.07, 6.45) is -2.67. The van der Waals surface area contributed by atoms with Gasteiger partial charge in [-0.05, 0) is 17.7 Å². The van der Waals surface area contributed by atoms with Gasteiger partial charge in [0.2, 0.25) is 0 Å². The maximum atomic E-state index is 9.52. The molecule has 0 amide bonds. The van der Waals surface area contributed by atoms with Gasteiger partial charge in [-0.25, -0.2) is 0 Å². The average molecular weight is 277 g/mol. The first kappa shape index (κ1) is 11.5. The second kappa shape index (κ2) is 4.76. The zero-order valence-corrected chi connectivity index (χ0v) is 9.33. The van der Waals surface area contributed by atoms with E-state index in [0.717, 1.165) is 0 Å². The molecule has 0 fully saturated rings. The van der Waals surface area contributed by atoms with Crippen molar-refractivity contribution in [1.82, 2.24) is 0 Å². The standard InChI is InChI=1S/C9H7BrClNO2/c10-7-3-5(11)1-2-6(7)9(14)8(13)4-12/h1-3,8-9,13-14H. The van der Waals surface area contributed by atoms with Crippen LogP contribution in [0.1, 0.15) is 11.7 Å². The Hall–Kier alpha value is -0.600. The highest BCUT2D eigenvalue weighted by Crippen LogP contribution is 2.28. The number of aliphatic hydroxyl groups is 2. The van der Waals surface area contributed by atoms with E-state index in [9.17, 15) is 5.11 Å². The van der Waals surface area contributed by atoms with Crippen molar-refractivity contribution in [3.63, 3.8) is 0 Å². The molecule has 0 heterocycles. The van der Waals surface area contributed by atoms with Crippen molar-refractivity contribution in [3.8, 4) is 6.07 Å². The fraction of sp³-hybridized carbons (Fsp3) is 0.222. The SMILES string of the molecule is N#CC(O)C(O)c1ccc(Cl)cc1Br. The van der Waals surface area contributed by atoms with Crippen molar-refractivity contribution >= 4 is 27.5 Å². The summed E-state index contributed by atoms with van der Waals surface area (Å²) in [5.74, 6) is 0. The number of rotatable bonds is 2. The van der Waals surface area contributed by atoms with E-state index in [2.05, 4.69) is 15.9 Å². The summed E-state index contributed by atoms with van der Waals surface area (Å²) in [7, 11) is 0. The Morgan fingerprint density at radius 1 is 1.43 bits per heavy atom. The van der Waals surface area contributed by atoms with Crippen LogP contribution in [0.2, 0.25) is 5.02 Å². The molecular weight excluding hydrogens is 269 g/mol. The van der Waals surface area contributed by atoms with Gasteiger partial charge in [0.15, 0.2) is 6.10 Å². The molecule has 0 aliphatic heterocycles. The first-order valence-corrected chi connectivity index (χ1v) is 4.94. The van der Waals surface area contributed by atoms with Crippen LogP contribution >= 0.6 is 27.5 Å². The number of benzene rings is 1. The van der Waals surface area contributed by atoms with Gasteiger partial charge in [0.25, 0.3) is 0 Å². The van der Waals surface area contributed by atoms with E-state index in [1.165, 1.54) is 0 Å². The highest BCUT2D eigenvalue weighted by molar-refractivity contribution is 9.10. The van der Waals surface area contributed by atoms with Gasteiger partial charge in [0.05, 0.1) is 6.07 Å². The molecule has 0 aliphatic carbocycles. The number of hydrogen-bond donors (Lipinski definition) is 2. The second-order valence-electron chi connectivity index (χ2n) is 2.68. The molecule has 0 radical (unpaired) electrons. The van der Waals surface area contributed by atoms with Gasteiger partial charge < -0.3 is 10.2 Å². The lowest BCUT2D eigenvalue weighted by atomic mass is 10.1. The summed E-state index contributed by atoms with van der Waals surface area (Å²) in [6.45, 7) is 0. The molecule has 1 rings (SSSR count). The summed E-state index contributed by atoms with van der Waals surface area (Å²) >= 11 is 8.88. The Morgan fingerprint density at radius 2 is 2.07 bits per heavy atom. The third-order valence-electron chi connectivity index (χ3n) is 1.71. The van der Waals surface area contributed by atoms with Crippen molar-refractivity contribution in [2.24, 2.45) is 0 Å². The molecule has 2 atom stereocenters. The Bertz CT molecular complexity index is 378. The molecule has 74 valence electrons. The Balaban J connectivity index is 3.03. The summed E-state index contributed by atoms with van der Waals surface area (Å²) in [6, 6.07) is 6.28. The molecule has 2 N–H and O–H groups in total. The fourth-order valence-corrected chi connectivity index (χ4v) is 1.90. The highest BCUT2D eigenvalue weighted by atomic mass is 79.9. The van der Waals surface area contributed by atoms with Crippen LogP contribution in [-0.4, -0.2) is 16.3 Å². The summed E-state index contributed by atoms with van der Waals surface area (Å²) < 4.78 is 0.562. The third-order valence-corrected chi connectivity index (χ3v) is 2.63. The summed E-state index contributed by atoms with van der Waals surface area (Å²) in [5, 5.41) is 27.5. The van der Waals surface area contributed by atoms with Crippen LogP contribution in [0.25, 0.3) is 0 Å². The molecule has 0 spiro atoms. The normalized spacial score (nSPS) is 14.5. The number of aliphatic hydroxyl groups excluding tert-OH is 2. The zero-order valence-electron chi connectivity index (χ0n) is 6.98. The monoisotopic (exact) mass is 275 g/mol. The van der Waals surface area contributed by atoms with Crippen LogP contribution in [0.5, 0.6) is 0 Å². The van der Waals surface area contributed by atoms with E-state index in [0.29, 0.717) is 15.1 Å².